The van der Waals surface area contributed by atoms with Crippen molar-refractivity contribution in [3.8, 4) is 10.6 Å². The van der Waals surface area contributed by atoms with Crippen molar-refractivity contribution < 1.29 is 9.59 Å². The van der Waals surface area contributed by atoms with Crippen LogP contribution in [-0.4, -0.2) is 36.8 Å². The van der Waals surface area contributed by atoms with Crippen molar-refractivity contribution >= 4 is 35.0 Å². The summed E-state index contributed by atoms with van der Waals surface area (Å²) >= 11 is 1.37. The van der Waals surface area contributed by atoms with Gasteiger partial charge in [-0.25, -0.2) is 14.5 Å². The number of fused-ring (bicyclic) bond motifs is 1. The molecule has 1 amide bonds. The summed E-state index contributed by atoms with van der Waals surface area (Å²) in [6, 6.07) is 6.87. The van der Waals surface area contributed by atoms with E-state index in [1.807, 2.05) is 12.1 Å². The van der Waals surface area contributed by atoms with Gasteiger partial charge in [-0.05, 0) is 24.3 Å². The summed E-state index contributed by atoms with van der Waals surface area (Å²) < 4.78 is 1.43. The zero-order valence-corrected chi connectivity index (χ0v) is 13.5. The third kappa shape index (κ3) is 3.00. The number of nitrogens with zero attached hydrogens (tertiary/aromatic N) is 5. The Hall–Kier alpha value is -3.46. The summed E-state index contributed by atoms with van der Waals surface area (Å²) in [5.74, 6) is -0.0328. The van der Waals surface area contributed by atoms with E-state index in [2.05, 4.69) is 25.4 Å². The molecular formula is C16H10N6O2S. The number of imidazole rings is 1. The summed E-state index contributed by atoms with van der Waals surface area (Å²) in [7, 11) is 0. The van der Waals surface area contributed by atoms with Gasteiger partial charge in [-0.2, -0.15) is 5.10 Å². The highest BCUT2D eigenvalue weighted by atomic mass is 32.1. The van der Waals surface area contributed by atoms with E-state index in [1.54, 1.807) is 29.9 Å². The number of hydrogen-bond donors (Lipinski definition) is 1. The Morgan fingerprint density at radius 3 is 2.80 bits per heavy atom. The molecule has 0 radical (unpaired) electrons. The second kappa shape index (κ2) is 6.21. The van der Waals surface area contributed by atoms with Crippen molar-refractivity contribution in [3.05, 3.63) is 59.6 Å². The average molecular weight is 350 g/mol. The van der Waals surface area contributed by atoms with Crippen molar-refractivity contribution in [3.63, 3.8) is 0 Å². The molecule has 0 spiro atoms. The molecule has 122 valence electrons. The van der Waals surface area contributed by atoms with Crippen LogP contribution in [-0.2, 0) is 0 Å². The van der Waals surface area contributed by atoms with Gasteiger partial charge in [0, 0.05) is 23.3 Å². The third-order valence-electron chi connectivity index (χ3n) is 3.37. The number of rotatable bonds is 4. The number of anilines is 1. The molecule has 4 heterocycles. The van der Waals surface area contributed by atoms with Crippen LogP contribution in [0.3, 0.4) is 0 Å². The Bertz CT molecular complexity index is 1070. The second-order valence-corrected chi connectivity index (χ2v) is 5.89. The number of hydrogen-bond acceptors (Lipinski definition) is 7. The SMILES string of the molecule is O=Cc1ccc2nc(NC(=O)c3csc(-c4ccncc4)n3)cn2n1. The predicted octanol–water partition coefficient (Wildman–Crippen LogP) is 2.31. The molecule has 1 N–H and O–H groups in total. The number of aromatic nitrogens is 5. The lowest BCUT2D eigenvalue weighted by molar-refractivity contribution is 0.102. The number of pyridine rings is 1. The van der Waals surface area contributed by atoms with Crippen LogP contribution in [0.5, 0.6) is 0 Å². The molecular weight excluding hydrogens is 340 g/mol. The Kier molecular flexibility index (Phi) is 3.75. The molecule has 4 rings (SSSR count). The average Bonchev–Trinajstić information content (AvgIpc) is 3.28. The number of nitrogens with one attached hydrogen (secondary N) is 1. The molecule has 0 atom stereocenters. The molecule has 0 aliphatic heterocycles. The van der Waals surface area contributed by atoms with Crippen LogP contribution < -0.4 is 5.32 Å². The Morgan fingerprint density at radius 2 is 2.00 bits per heavy atom. The minimum atomic E-state index is -0.365. The molecule has 0 fully saturated rings. The highest BCUT2D eigenvalue weighted by Gasteiger charge is 2.14. The van der Waals surface area contributed by atoms with Gasteiger partial charge in [0.25, 0.3) is 5.91 Å². The van der Waals surface area contributed by atoms with Crippen LogP contribution in [0.15, 0.2) is 48.2 Å². The molecule has 8 nitrogen and oxygen atoms in total. The maximum atomic E-state index is 12.4. The first kappa shape index (κ1) is 15.1. The number of aldehydes is 1. The molecule has 0 saturated carbocycles. The van der Waals surface area contributed by atoms with Crippen LogP contribution in [0.1, 0.15) is 21.0 Å². The topological polar surface area (TPSA) is 102 Å². The number of carbonyl (C=O) groups is 2. The van der Waals surface area contributed by atoms with Crippen molar-refractivity contribution in [2.75, 3.05) is 5.32 Å². The smallest absolute Gasteiger partial charge is 0.276 e. The van der Waals surface area contributed by atoms with Gasteiger partial charge in [0.2, 0.25) is 0 Å². The molecule has 0 aromatic carbocycles. The minimum Gasteiger partial charge on any atom is -0.304 e. The highest BCUT2D eigenvalue weighted by Crippen LogP contribution is 2.23. The Morgan fingerprint density at radius 1 is 1.16 bits per heavy atom. The van der Waals surface area contributed by atoms with E-state index in [9.17, 15) is 9.59 Å². The lowest BCUT2D eigenvalue weighted by atomic mass is 10.3. The molecule has 0 bridgehead atoms. The zero-order valence-electron chi connectivity index (χ0n) is 12.7. The molecule has 0 unspecified atom stereocenters. The minimum absolute atomic E-state index is 0.282. The van der Waals surface area contributed by atoms with Gasteiger partial charge in [-0.1, -0.05) is 0 Å². The van der Waals surface area contributed by atoms with Crippen molar-refractivity contribution in [2.24, 2.45) is 0 Å². The van der Waals surface area contributed by atoms with E-state index in [1.165, 1.54) is 22.0 Å². The summed E-state index contributed by atoms with van der Waals surface area (Å²) in [6.07, 6.45) is 5.53. The van der Waals surface area contributed by atoms with Crippen molar-refractivity contribution in [2.45, 2.75) is 0 Å². The van der Waals surface area contributed by atoms with Crippen LogP contribution in [0, 0.1) is 0 Å². The van der Waals surface area contributed by atoms with Gasteiger partial charge in [0.15, 0.2) is 17.8 Å². The molecule has 0 aliphatic carbocycles. The zero-order chi connectivity index (χ0) is 17.2. The van der Waals surface area contributed by atoms with E-state index >= 15 is 0 Å². The Balaban J connectivity index is 1.56. The summed E-state index contributed by atoms with van der Waals surface area (Å²) in [5, 5.41) is 9.16. The fourth-order valence-electron chi connectivity index (χ4n) is 2.21. The van der Waals surface area contributed by atoms with Gasteiger partial charge in [0.05, 0.1) is 6.20 Å². The number of carbonyl (C=O) groups excluding carboxylic acids is 2. The molecule has 25 heavy (non-hydrogen) atoms. The summed E-state index contributed by atoms with van der Waals surface area (Å²) in [6.45, 7) is 0. The number of thiazole rings is 1. The molecule has 4 aromatic heterocycles. The van der Waals surface area contributed by atoms with Gasteiger partial charge in [-0.15, -0.1) is 11.3 Å². The van der Waals surface area contributed by atoms with Crippen molar-refractivity contribution in [1.82, 2.24) is 24.6 Å². The lowest BCUT2D eigenvalue weighted by Gasteiger charge is -1.97. The molecule has 4 aromatic rings. The standard InChI is InChI=1S/C16H10N6O2S/c23-8-11-1-2-14-19-13(7-22(14)21-11)20-15(24)12-9-25-16(18-12)10-3-5-17-6-4-10/h1-9H,(H,20,24). The second-order valence-electron chi connectivity index (χ2n) is 5.03. The Labute approximate surface area is 145 Å². The molecule has 0 aliphatic rings. The quantitative estimate of drug-likeness (QED) is 0.567. The van der Waals surface area contributed by atoms with E-state index in [-0.39, 0.29) is 11.6 Å². The highest BCUT2D eigenvalue weighted by molar-refractivity contribution is 7.13. The van der Waals surface area contributed by atoms with E-state index in [4.69, 9.17) is 0 Å². The largest absolute Gasteiger partial charge is 0.304 e. The monoisotopic (exact) mass is 350 g/mol. The van der Waals surface area contributed by atoms with Crippen LogP contribution in [0.4, 0.5) is 5.82 Å². The first-order valence-corrected chi connectivity index (χ1v) is 8.10. The van der Waals surface area contributed by atoms with Gasteiger partial charge >= 0.3 is 0 Å². The van der Waals surface area contributed by atoms with E-state index < -0.39 is 0 Å². The maximum Gasteiger partial charge on any atom is 0.276 e. The van der Waals surface area contributed by atoms with E-state index in [0.29, 0.717) is 23.4 Å². The first-order chi connectivity index (χ1) is 12.2. The van der Waals surface area contributed by atoms with E-state index in [0.717, 1.165) is 10.6 Å². The van der Waals surface area contributed by atoms with Crippen LogP contribution >= 0.6 is 11.3 Å². The van der Waals surface area contributed by atoms with Gasteiger partial charge < -0.3 is 5.32 Å². The summed E-state index contributed by atoms with van der Waals surface area (Å²) in [4.78, 5) is 35.7. The predicted molar refractivity (Wildman–Crippen MR) is 91.7 cm³/mol. The van der Waals surface area contributed by atoms with Gasteiger partial charge in [0.1, 0.15) is 16.4 Å². The first-order valence-electron chi connectivity index (χ1n) is 7.22. The molecule has 0 saturated heterocycles. The molecule has 9 heteroatoms. The van der Waals surface area contributed by atoms with Crippen molar-refractivity contribution in [1.29, 1.82) is 0 Å². The normalized spacial score (nSPS) is 10.7. The fraction of sp³-hybridized carbons (Fsp3) is 0. The van der Waals surface area contributed by atoms with Gasteiger partial charge in [-0.3, -0.25) is 14.6 Å². The third-order valence-corrected chi connectivity index (χ3v) is 4.26. The summed E-state index contributed by atoms with van der Waals surface area (Å²) in [5.41, 5.74) is 2.01. The number of amides is 1. The fourth-order valence-corrected chi connectivity index (χ4v) is 3.01. The maximum absolute atomic E-state index is 12.4. The van der Waals surface area contributed by atoms with Crippen LogP contribution in [0.2, 0.25) is 0 Å². The lowest BCUT2D eigenvalue weighted by Crippen LogP contribution is -2.12. The van der Waals surface area contributed by atoms with Crippen LogP contribution in [0.25, 0.3) is 16.2 Å².